The molecular formula is C15H21ClN2O. The maximum absolute atomic E-state index is 11.2. The standard InChI is InChI=1S/C15H21ClN2O/c1-15(2,3)18-9-7-17(8-10-18)14-6-4-5-13(16)12(14)11-19/h4-6,11H,7-10H2,1-3H3. The van der Waals surface area contributed by atoms with Crippen LogP contribution >= 0.6 is 11.6 Å². The quantitative estimate of drug-likeness (QED) is 0.778. The van der Waals surface area contributed by atoms with Crippen molar-refractivity contribution >= 4 is 23.6 Å². The predicted molar refractivity (Wildman–Crippen MR) is 80.4 cm³/mol. The Labute approximate surface area is 120 Å². The molecule has 2 rings (SSSR count). The van der Waals surface area contributed by atoms with E-state index in [9.17, 15) is 4.79 Å². The molecule has 0 radical (unpaired) electrons. The molecule has 1 heterocycles. The fourth-order valence-corrected chi connectivity index (χ4v) is 2.75. The molecule has 0 saturated carbocycles. The molecule has 1 aromatic rings. The highest BCUT2D eigenvalue weighted by atomic mass is 35.5. The minimum absolute atomic E-state index is 0.202. The van der Waals surface area contributed by atoms with Crippen molar-refractivity contribution in [1.29, 1.82) is 0 Å². The molecule has 1 fully saturated rings. The molecule has 1 aliphatic heterocycles. The van der Waals surface area contributed by atoms with Gasteiger partial charge in [-0.1, -0.05) is 17.7 Å². The van der Waals surface area contributed by atoms with E-state index in [1.807, 2.05) is 12.1 Å². The van der Waals surface area contributed by atoms with Gasteiger partial charge in [-0.25, -0.2) is 0 Å². The molecule has 3 nitrogen and oxygen atoms in total. The third-order valence-electron chi connectivity index (χ3n) is 3.72. The van der Waals surface area contributed by atoms with Gasteiger partial charge in [0, 0.05) is 37.4 Å². The van der Waals surface area contributed by atoms with E-state index in [-0.39, 0.29) is 5.54 Å². The Balaban J connectivity index is 2.14. The Kier molecular flexibility index (Phi) is 4.16. The van der Waals surface area contributed by atoms with Crippen LogP contribution in [0.4, 0.5) is 5.69 Å². The summed E-state index contributed by atoms with van der Waals surface area (Å²) in [5, 5.41) is 0.533. The smallest absolute Gasteiger partial charge is 0.153 e. The van der Waals surface area contributed by atoms with Crippen LogP contribution in [0.25, 0.3) is 0 Å². The third-order valence-corrected chi connectivity index (χ3v) is 4.05. The van der Waals surface area contributed by atoms with Gasteiger partial charge in [0.2, 0.25) is 0 Å². The monoisotopic (exact) mass is 280 g/mol. The maximum atomic E-state index is 11.2. The van der Waals surface area contributed by atoms with Crippen molar-refractivity contribution in [3.05, 3.63) is 28.8 Å². The summed E-state index contributed by atoms with van der Waals surface area (Å²) in [7, 11) is 0. The van der Waals surface area contributed by atoms with Crippen LogP contribution in [-0.4, -0.2) is 42.9 Å². The van der Waals surface area contributed by atoms with Crippen molar-refractivity contribution < 1.29 is 4.79 Å². The second-order valence-corrected chi connectivity index (χ2v) is 6.34. The van der Waals surface area contributed by atoms with Crippen LogP contribution in [0.3, 0.4) is 0 Å². The van der Waals surface area contributed by atoms with Crippen LogP contribution in [0, 0.1) is 0 Å². The van der Waals surface area contributed by atoms with E-state index >= 15 is 0 Å². The lowest BCUT2D eigenvalue weighted by Gasteiger charge is -2.43. The molecule has 0 atom stereocenters. The van der Waals surface area contributed by atoms with Crippen LogP contribution in [0.2, 0.25) is 5.02 Å². The molecule has 0 spiro atoms. The van der Waals surface area contributed by atoms with E-state index in [0.717, 1.165) is 38.2 Å². The summed E-state index contributed by atoms with van der Waals surface area (Å²) in [4.78, 5) is 15.9. The van der Waals surface area contributed by atoms with Gasteiger partial charge in [0.1, 0.15) is 0 Å². The van der Waals surface area contributed by atoms with Gasteiger partial charge in [-0.3, -0.25) is 9.69 Å². The van der Waals surface area contributed by atoms with Crippen molar-refractivity contribution in [2.24, 2.45) is 0 Å². The third kappa shape index (κ3) is 3.10. The lowest BCUT2D eigenvalue weighted by molar-refractivity contribution is 0.112. The number of nitrogens with zero attached hydrogens (tertiary/aromatic N) is 2. The summed E-state index contributed by atoms with van der Waals surface area (Å²) in [6.07, 6.45) is 0.855. The summed E-state index contributed by atoms with van der Waals surface area (Å²) < 4.78 is 0. The first-order chi connectivity index (χ1) is 8.93. The number of anilines is 1. The molecule has 0 unspecified atom stereocenters. The van der Waals surface area contributed by atoms with Crippen molar-refractivity contribution in [1.82, 2.24) is 4.90 Å². The van der Waals surface area contributed by atoms with Gasteiger partial charge in [0.05, 0.1) is 10.6 Å². The van der Waals surface area contributed by atoms with Crippen LogP contribution in [-0.2, 0) is 0 Å². The van der Waals surface area contributed by atoms with Crippen molar-refractivity contribution in [3.63, 3.8) is 0 Å². The number of carbonyl (C=O) groups is 1. The first kappa shape index (κ1) is 14.4. The topological polar surface area (TPSA) is 23.6 Å². The molecule has 19 heavy (non-hydrogen) atoms. The van der Waals surface area contributed by atoms with Gasteiger partial charge in [0.25, 0.3) is 0 Å². The lowest BCUT2D eigenvalue weighted by Crippen LogP contribution is -2.53. The number of hydrogen-bond donors (Lipinski definition) is 0. The van der Waals surface area contributed by atoms with Crippen LogP contribution in [0.15, 0.2) is 18.2 Å². The fourth-order valence-electron chi connectivity index (χ4n) is 2.54. The number of hydrogen-bond acceptors (Lipinski definition) is 3. The molecule has 0 bridgehead atoms. The van der Waals surface area contributed by atoms with Crippen LogP contribution in [0.1, 0.15) is 31.1 Å². The first-order valence-corrected chi connectivity index (χ1v) is 7.05. The van der Waals surface area contributed by atoms with Gasteiger partial charge in [0.15, 0.2) is 6.29 Å². The number of piperazine rings is 1. The maximum Gasteiger partial charge on any atom is 0.153 e. The Morgan fingerprint density at radius 2 is 1.79 bits per heavy atom. The van der Waals surface area contributed by atoms with Gasteiger partial charge in [-0.15, -0.1) is 0 Å². The minimum Gasteiger partial charge on any atom is -0.368 e. The van der Waals surface area contributed by atoms with Crippen molar-refractivity contribution in [2.75, 3.05) is 31.1 Å². The zero-order chi connectivity index (χ0) is 14.0. The molecule has 0 aromatic heterocycles. The predicted octanol–water partition coefficient (Wildman–Crippen LogP) is 3.07. The van der Waals surface area contributed by atoms with E-state index in [4.69, 9.17) is 11.6 Å². The zero-order valence-electron chi connectivity index (χ0n) is 11.8. The van der Waals surface area contributed by atoms with Gasteiger partial charge in [-0.05, 0) is 32.9 Å². The molecular weight excluding hydrogens is 260 g/mol. The molecule has 0 N–H and O–H groups in total. The van der Waals surface area contributed by atoms with E-state index < -0.39 is 0 Å². The van der Waals surface area contributed by atoms with E-state index in [1.54, 1.807) is 6.07 Å². The number of benzene rings is 1. The largest absolute Gasteiger partial charge is 0.368 e. The van der Waals surface area contributed by atoms with E-state index in [0.29, 0.717) is 10.6 Å². The Bertz CT molecular complexity index is 460. The van der Waals surface area contributed by atoms with Crippen LogP contribution in [0.5, 0.6) is 0 Å². The summed E-state index contributed by atoms with van der Waals surface area (Å²) in [5.74, 6) is 0. The second-order valence-electron chi connectivity index (χ2n) is 5.94. The molecule has 0 amide bonds. The Morgan fingerprint density at radius 1 is 1.16 bits per heavy atom. The molecule has 1 saturated heterocycles. The zero-order valence-corrected chi connectivity index (χ0v) is 12.6. The highest BCUT2D eigenvalue weighted by Gasteiger charge is 2.26. The Hall–Kier alpha value is -1.06. The summed E-state index contributed by atoms with van der Waals surface area (Å²) >= 11 is 6.08. The number of carbonyl (C=O) groups excluding carboxylic acids is 1. The van der Waals surface area contributed by atoms with Crippen molar-refractivity contribution in [2.45, 2.75) is 26.3 Å². The highest BCUT2D eigenvalue weighted by molar-refractivity contribution is 6.33. The highest BCUT2D eigenvalue weighted by Crippen LogP contribution is 2.27. The molecule has 104 valence electrons. The first-order valence-electron chi connectivity index (χ1n) is 6.67. The molecule has 1 aromatic carbocycles. The average molecular weight is 281 g/mol. The lowest BCUT2D eigenvalue weighted by atomic mass is 10.0. The van der Waals surface area contributed by atoms with Gasteiger partial charge < -0.3 is 4.90 Å². The van der Waals surface area contributed by atoms with Gasteiger partial charge in [-0.2, -0.15) is 0 Å². The van der Waals surface area contributed by atoms with E-state index in [1.165, 1.54) is 0 Å². The normalized spacial score (nSPS) is 17.6. The molecule has 1 aliphatic rings. The number of aldehydes is 1. The summed E-state index contributed by atoms with van der Waals surface area (Å²) in [5.41, 5.74) is 1.76. The second kappa shape index (κ2) is 5.51. The fraction of sp³-hybridized carbons (Fsp3) is 0.533. The minimum atomic E-state index is 0.202. The van der Waals surface area contributed by atoms with Gasteiger partial charge >= 0.3 is 0 Å². The SMILES string of the molecule is CC(C)(C)N1CCN(c2cccc(Cl)c2C=O)CC1. The number of rotatable bonds is 2. The molecule has 0 aliphatic carbocycles. The van der Waals surface area contributed by atoms with Crippen LogP contribution < -0.4 is 4.90 Å². The Morgan fingerprint density at radius 3 is 2.32 bits per heavy atom. The average Bonchev–Trinajstić information content (AvgIpc) is 2.37. The van der Waals surface area contributed by atoms with E-state index in [2.05, 4.69) is 30.6 Å². The van der Waals surface area contributed by atoms with Crippen molar-refractivity contribution in [3.8, 4) is 0 Å². The summed E-state index contributed by atoms with van der Waals surface area (Å²) in [6.45, 7) is 10.6. The summed E-state index contributed by atoms with van der Waals surface area (Å²) in [6, 6.07) is 5.64. The number of halogens is 1. The molecule has 4 heteroatoms.